The molecule has 5 heteroatoms. The lowest BCUT2D eigenvalue weighted by molar-refractivity contribution is 0.0925. The van der Waals surface area contributed by atoms with Gasteiger partial charge < -0.3 is 9.73 Å². The molecule has 0 unspecified atom stereocenters. The number of nitrogens with one attached hydrogen (secondary N) is 1. The average molecular weight is 367 g/mol. The maximum atomic E-state index is 12.4. The smallest absolute Gasteiger partial charge is 0.287 e. The van der Waals surface area contributed by atoms with Crippen LogP contribution in [0.3, 0.4) is 0 Å². The Hall–Kier alpha value is -2.66. The molecule has 0 saturated heterocycles. The van der Waals surface area contributed by atoms with Gasteiger partial charge in [0.05, 0.1) is 16.6 Å². The minimum Gasteiger partial charge on any atom is -0.455 e. The minimum absolute atomic E-state index is 0.245. The van der Waals surface area contributed by atoms with E-state index in [0.717, 1.165) is 16.9 Å². The molecule has 0 fully saturated rings. The average Bonchev–Trinajstić information content (AvgIpc) is 3.11. The first-order chi connectivity index (χ1) is 12.6. The standard InChI is InChI=1S/C21H21NO3S/c1-16-6-5-9-19(14-16)26(24)15-18-10-11-20(25-18)21(23)22-13-12-17-7-3-2-4-8-17/h2-11,14H,12-13,15H2,1H3,(H,22,23)/t26-/m0/s1. The van der Waals surface area contributed by atoms with Crippen molar-refractivity contribution < 1.29 is 13.4 Å². The molecule has 3 aromatic rings. The Morgan fingerprint density at radius 3 is 2.62 bits per heavy atom. The Morgan fingerprint density at radius 1 is 1.04 bits per heavy atom. The molecule has 1 N–H and O–H groups in total. The summed E-state index contributed by atoms with van der Waals surface area (Å²) in [6.07, 6.45) is 0.761. The van der Waals surface area contributed by atoms with Gasteiger partial charge in [-0.15, -0.1) is 0 Å². The summed E-state index contributed by atoms with van der Waals surface area (Å²) in [6.45, 7) is 2.50. The van der Waals surface area contributed by atoms with Crippen molar-refractivity contribution in [2.75, 3.05) is 6.54 Å². The van der Waals surface area contributed by atoms with Crippen molar-refractivity contribution in [1.29, 1.82) is 0 Å². The van der Waals surface area contributed by atoms with Crippen LogP contribution < -0.4 is 5.32 Å². The fourth-order valence-corrected chi connectivity index (χ4v) is 3.73. The Bertz CT molecular complexity index is 902. The van der Waals surface area contributed by atoms with Crippen LogP contribution in [0.25, 0.3) is 0 Å². The molecule has 0 bridgehead atoms. The highest BCUT2D eigenvalue weighted by molar-refractivity contribution is 7.84. The van der Waals surface area contributed by atoms with Gasteiger partial charge in [-0.25, -0.2) is 0 Å². The van der Waals surface area contributed by atoms with Crippen LogP contribution in [0.15, 0.2) is 76.0 Å². The van der Waals surface area contributed by atoms with Gasteiger partial charge in [-0.05, 0) is 48.7 Å². The van der Waals surface area contributed by atoms with Crippen LogP contribution in [0, 0.1) is 6.92 Å². The summed E-state index contributed by atoms with van der Waals surface area (Å²) in [6, 6.07) is 20.9. The Morgan fingerprint density at radius 2 is 1.85 bits per heavy atom. The number of rotatable bonds is 7. The highest BCUT2D eigenvalue weighted by Gasteiger charge is 2.13. The molecule has 2 aromatic carbocycles. The van der Waals surface area contributed by atoms with Crippen LogP contribution >= 0.6 is 0 Å². The molecule has 134 valence electrons. The maximum Gasteiger partial charge on any atom is 0.287 e. The number of aryl methyl sites for hydroxylation is 1. The quantitative estimate of drug-likeness (QED) is 0.690. The Balaban J connectivity index is 1.53. The van der Waals surface area contributed by atoms with Gasteiger partial charge in [-0.1, -0.05) is 42.5 Å². The molecule has 1 atom stereocenters. The van der Waals surface area contributed by atoms with Gasteiger partial charge in [0.25, 0.3) is 5.91 Å². The zero-order valence-corrected chi connectivity index (χ0v) is 15.4. The van der Waals surface area contributed by atoms with Crippen molar-refractivity contribution in [2.24, 2.45) is 0 Å². The monoisotopic (exact) mass is 367 g/mol. The molecule has 0 aliphatic heterocycles. The maximum absolute atomic E-state index is 12.4. The Labute approximate surface area is 155 Å². The molecule has 1 aromatic heterocycles. The molecule has 0 spiro atoms. The Kier molecular flexibility index (Phi) is 6.02. The largest absolute Gasteiger partial charge is 0.455 e. The minimum atomic E-state index is -1.20. The number of furan rings is 1. The van der Waals surface area contributed by atoms with Gasteiger partial charge in [0.2, 0.25) is 0 Å². The van der Waals surface area contributed by atoms with Gasteiger partial charge in [0.15, 0.2) is 5.76 Å². The van der Waals surface area contributed by atoms with Crippen LogP contribution in [0.4, 0.5) is 0 Å². The van der Waals surface area contributed by atoms with E-state index in [1.165, 1.54) is 5.56 Å². The predicted octanol–water partition coefficient (Wildman–Crippen LogP) is 3.87. The highest BCUT2D eigenvalue weighted by Crippen LogP contribution is 2.16. The summed E-state index contributed by atoms with van der Waals surface area (Å²) in [4.78, 5) is 12.9. The van der Waals surface area contributed by atoms with Gasteiger partial charge in [0.1, 0.15) is 5.76 Å². The third-order valence-corrected chi connectivity index (χ3v) is 5.28. The number of carbonyl (C=O) groups is 1. The molecule has 1 heterocycles. The van der Waals surface area contributed by atoms with E-state index in [1.54, 1.807) is 12.1 Å². The van der Waals surface area contributed by atoms with Gasteiger partial charge >= 0.3 is 0 Å². The molecule has 0 aliphatic carbocycles. The van der Waals surface area contributed by atoms with E-state index in [1.807, 2.05) is 61.5 Å². The SMILES string of the molecule is Cc1cccc([S@@](=O)Cc2ccc(C(=O)NCCc3ccccc3)o2)c1. The van der Waals surface area contributed by atoms with Crippen molar-refractivity contribution in [3.63, 3.8) is 0 Å². The molecular formula is C21H21NO3S. The molecule has 3 rings (SSSR count). The summed E-state index contributed by atoms with van der Waals surface area (Å²) in [5, 5.41) is 2.84. The van der Waals surface area contributed by atoms with Gasteiger partial charge in [-0.2, -0.15) is 0 Å². The zero-order valence-electron chi connectivity index (χ0n) is 14.6. The third kappa shape index (κ3) is 4.92. The van der Waals surface area contributed by atoms with E-state index in [2.05, 4.69) is 5.32 Å². The van der Waals surface area contributed by atoms with E-state index >= 15 is 0 Å². The van der Waals surface area contributed by atoms with E-state index in [-0.39, 0.29) is 17.4 Å². The van der Waals surface area contributed by atoms with E-state index < -0.39 is 10.8 Å². The summed E-state index contributed by atoms with van der Waals surface area (Å²) >= 11 is 0. The molecule has 4 nitrogen and oxygen atoms in total. The summed E-state index contributed by atoms with van der Waals surface area (Å²) in [5.41, 5.74) is 2.23. The van der Waals surface area contributed by atoms with Crippen molar-refractivity contribution in [3.05, 3.63) is 89.4 Å². The summed E-state index contributed by atoms with van der Waals surface area (Å²) in [5.74, 6) is 0.779. The van der Waals surface area contributed by atoms with Crippen molar-refractivity contribution in [1.82, 2.24) is 5.32 Å². The topological polar surface area (TPSA) is 59.3 Å². The molecular weight excluding hydrogens is 346 g/mol. The predicted molar refractivity (Wildman–Crippen MR) is 102 cm³/mol. The zero-order chi connectivity index (χ0) is 18.4. The third-order valence-electron chi connectivity index (χ3n) is 3.95. The lowest BCUT2D eigenvalue weighted by atomic mass is 10.1. The van der Waals surface area contributed by atoms with E-state index in [9.17, 15) is 9.00 Å². The number of hydrogen-bond donors (Lipinski definition) is 1. The second-order valence-electron chi connectivity index (χ2n) is 6.06. The fraction of sp³-hybridized carbons (Fsp3) is 0.190. The van der Waals surface area contributed by atoms with Crippen LogP contribution in [0.2, 0.25) is 0 Å². The highest BCUT2D eigenvalue weighted by atomic mass is 32.2. The van der Waals surface area contributed by atoms with Crippen molar-refractivity contribution in [2.45, 2.75) is 24.0 Å². The number of hydrogen-bond acceptors (Lipinski definition) is 3. The van der Waals surface area contributed by atoms with E-state index in [0.29, 0.717) is 12.3 Å². The molecule has 0 saturated carbocycles. The molecule has 1 amide bonds. The van der Waals surface area contributed by atoms with Gasteiger partial charge in [0, 0.05) is 11.4 Å². The molecule has 0 radical (unpaired) electrons. The first-order valence-electron chi connectivity index (χ1n) is 8.48. The van der Waals surface area contributed by atoms with Crippen molar-refractivity contribution >= 4 is 16.7 Å². The number of benzene rings is 2. The lowest BCUT2D eigenvalue weighted by Gasteiger charge is -2.04. The number of carbonyl (C=O) groups excluding carboxylic acids is 1. The lowest BCUT2D eigenvalue weighted by Crippen LogP contribution is -2.25. The first kappa shape index (κ1) is 18.1. The van der Waals surface area contributed by atoms with Crippen molar-refractivity contribution in [3.8, 4) is 0 Å². The summed E-state index contributed by atoms with van der Waals surface area (Å²) in [7, 11) is -1.20. The van der Waals surface area contributed by atoms with Crippen LogP contribution in [-0.2, 0) is 23.0 Å². The molecule has 26 heavy (non-hydrogen) atoms. The van der Waals surface area contributed by atoms with Gasteiger partial charge in [-0.3, -0.25) is 9.00 Å². The fourth-order valence-electron chi connectivity index (χ4n) is 2.60. The molecule has 0 aliphatic rings. The van der Waals surface area contributed by atoms with Crippen LogP contribution in [-0.4, -0.2) is 16.7 Å². The number of amides is 1. The van der Waals surface area contributed by atoms with Crippen LogP contribution in [0.5, 0.6) is 0 Å². The first-order valence-corrected chi connectivity index (χ1v) is 9.79. The summed E-state index contributed by atoms with van der Waals surface area (Å²) < 4.78 is 18.0. The van der Waals surface area contributed by atoms with E-state index in [4.69, 9.17) is 4.42 Å². The van der Waals surface area contributed by atoms with Crippen LogP contribution in [0.1, 0.15) is 27.4 Å². The second-order valence-corrected chi connectivity index (χ2v) is 7.51. The normalized spacial score (nSPS) is 11.9. The second kappa shape index (κ2) is 8.63.